The molecular formula is C17H19N3O6S. The molecule has 4 amide bonds. The number of thioether (sulfide) groups is 1. The molecule has 0 saturated carbocycles. The highest BCUT2D eigenvalue weighted by Gasteiger charge is 2.49. The van der Waals surface area contributed by atoms with Crippen LogP contribution in [0.2, 0.25) is 0 Å². The number of carboxylic acids is 1. The first-order valence-corrected chi connectivity index (χ1v) is 9.43. The first-order valence-electron chi connectivity index (χ1n) is 8.28. The molecule has 144 valence electrons. The van der Waals surface area contributed by atoms with Crippen molar-refractivity contribution in [3.63, 3.8) is 0 Å². The standard InChI is InChI=1S/C17H19N3O6S/c1-26-12-4-2-3-11(7-12)20-16(24)13-8-18(5-6-19(13)17(20)25)14(21)9-27-10-15(22)23/h2-4,7,13H,5-6,8-10H2,1H3,(H,22,23)/t13-/m1/s1. The highest BCUT2D eigenvalue weighted by Crippen LogP contribution is 2.29. The minimum atomic E-state index is -0.983. The average Bonchev–Trinajstić information content (AvgIpc) is 2.91. The number of benzene rings is 1. The molecule has 9 nitrogen and oxygen atoms in total. The second kappa shape index (κ2) is 7.87. The van der Waals surface area contributed by atoms with Gasteiger partial charge in [-0.15, -0.1) is 11.8 Å². The van der Waals surface area contributed by atoms with Crippen molar-refractivity contribution in [3.05, 3.63) is 24.3 Å². The Kier molecular flexibility index (Phi) is 5.54. The van der Waals surface area contributed by atoms with Gasteiger partial charge in [-0.25, -0.2) is 9.69 Å². The maximum atomic E-state index is 12.8. The van der Waals surface area contributed by atoms with Crippen LogP contribution in [0.3, 0.4) is 0 Å². The van der Waals surface area contributed by atoms with Crippen molar-refractivity contribution in [2.24, 2.45) is 0 Å². The summed E-state index contributed by atoms with van der Waals surface area (Å²) in [5, 5.41) is 8.65. The van der Waals surface area contributed by atoms with Gasteiger partial charge >= 0.3 is 12.0 Å². The smallest absolute Gasteiger partial charge is 0.332 e. The molecule has 1 N–H and O–H groups in total. The number of nitrogens with zero attached hydrogens (tertiary/aromatic N) is 3. The summed E-state index contributed by atoms with van der Waals surface area (Å²) in [5.74, 6) is -1.20. The van der Waals surface area contributed by atoms with Crippen LogP contribution in [0, 0.1) is 0 Å². The molecule has 1 aromatic carbocycles. The predicted octanol–water partition coefficient (Wildman–Crippen LogP) is 0.492. The Morgan fingerprint density at radius 2 is 2.04 bits per heavy atom. The maximum absolute atomic E-state index is 12.8. The van der Waals surface area contributed by atoms with Crippen molar-refractivity contribution in [2.45, 2.75) is 6.04 Å². The van der Waals surface area contributed by atoms with Gasteiger partial charge in [0.05, 0.1) is 30.8 Å². The maximum Gasteiger partial charge on any atom is 0.332 e. The Bertz CT molecular complexity index is 786. The molecule has 0 unspecified atom stereocenters. The Morgan fingerprint density at radius 3 is 2.74 bits per heavy atom. The van der Waals surface area contributed by atoms with E-state index in [9.17, 15) is 19.2 Å². The second-order valence-electron chi connectivity index (χ2n) is 6.09. The molecular weight excluding hydrogens is 374 g/mol. The average molecular weight is 393 g/mol. The number of carboxylic acid groups (broad SMARTS) is 1. The van der Waals surface area contributed by atoms with E-state index in [1.165, 1.54) is 16.9 Å². The van der Waals surface area contributed by atoms with Crippen molar-refractivity contribution in [2.75, 3.05) is 43.1 Å². The van der Waals surface area contributed by atoms with Gasteiger partial charge in [-0.2, -0.15) is 0 Å². The first kappa shape index (κ1) is 19.0. The lowest BCUT2D eigenvalue weighted by atomic mass is 10.2. The van der Waals surface area contributed by atoms with Crippen LogP contribution in [0.1, 0.15) is 0 Å². The van der Waals surface area contributed by atoms with E-state index in [1.54, 1.807) is 24.3 Å². The van der Waals surface area contributed by atoms with E-state index in [2.05, 4.69) is 0 Å². The van der Waals surface area contributed by atoms with Crippen LogP contribution in [-0.2, 0) is 14.4 Å². The number of urea groups is 1. The number of amides is 4. The number of piperazine rings is 1. The fourth-order valence-electron chi connectivity index (χ4n) is 3.13. The molecule has 0 spiro atoms. The van der Waals surface area contributed by atoms with E-state index >= 15 is 0 Å². The van der Waals surface area contributed by atoms with E-state index in [4.69, 9.17) is 9.84 Å². The van der Waals surface area contributed by atoms with Gasteiger partial charge in [0.25, 0.3) is 5.91 Å². The van der Waals surface area contributed by atoms with Crippen molar-refractivity contribution in [1.82, 2.24) is 9.80 Å². The largest absolute Gasteiger partial charge is 0.497 e. The van der Waals surface area contributed by atoms with Crippen molar-refractivity contribution in [3.8, 4) is 5.75 Å². The van der Waals surface area contributed by atoms with Crippen LogP contribution in [0.5, 0.6) is 5.75 Å². The number of hydrogen-bond acceptors (Lipinski definition) is 6. The van der Waals surface area contributed by atoms with Gasteiger partial charge in [0.2, 0.25) is 5.91 Å². The van der Waals surface area contributed by atoms with Gasteiger partial charge in [0, 0.05) is 19.2 Å². The molecule has 2 heterocycles. The summed E-state index contributed by atoms with van der Waals surface area (Å²) in [6, 6.07) is 5.54. The Morgan fingerprint density at radius 1 is 1.26 bits per heavy atom. The monoisotopic (exact) mass is 393 g/mol. The molecule has 0 aliphatic carbocycles. The summed E-state index contributed by atoms with van der Waals surface area (Å²) in [4.78, 5) is 52.4. The fraction of sp³-hybridized carbons (Fsp3) is 0.412. The number of imide groups is 1. The number of rotatable bonds is 6. The zero-order valence-corrected chi connectivity index (χ0v) is 15.5. The fourth-order valence-corrected chi connectivity index (χ4v) is 3.76. The number of aliphatic carboxylic acids is 1. The zero-order valence-electron chi connectivity index (χ0n) is 14.7. The van der Waals surface area contributed by atoms with E-state index in [-0.39, 0.29) is 36.4 Å². The van der Waals surface area contributed by atoms with Crippen LogP contribution in [0.15, 0.2) is 24.3 Å². The van der Waals surface area contributed by atoms with Crippen molar-refractivity contribution >= 4 is 41.3 Å². The van der Waals surface area contributed by atoms with Gasteiger partial charge in [0.15, 0.2) is 0 Å². The number of hydrogen-bond donors (Lipinski definition) is 1. The van der Waals surface area contributed by atoms with Gasteiger partial charge in [-0.3, -0.25) is 14.4 Å². The molecule has 1 aromatic rings. The SMILES string of the molecule is COc1cccc(N2C(=O)[C@H]3CN(C(=O)CSCC(=O)O)CCN3C2=O)c1. The predicted molar refractivity (Wildman–Crippen MR) is 97.9 cm³/mol. The molecule has 2 aliphatic rings. The lowest BCUT2D eigenvalue weighted by Crippen LogP contribution is -2.55. The molecule has 1 atom stereocenters. The van der Waals surface area contributed by atoms with Crippen molar-refractivity contribution < 1.29 is 29.0 Å². The van der Waals surface area contributed by atoms with Crippen molar-refractivity contribution in [1.29, 1.82) is 0 Å². The third-order valence-electron chi connectivity index (χ3n) is 4.44. The molecule has 0 bridgehead atoms. The molecule has 3 rings (SSSR count). The van der Waals surface area contributed by atoms with Crippen LogP contribution < -0.4 is 9.64 Å². The number of methoxy groups -OCH3 is 1. The molecule has 10 heteroatoms. The van der Waals surface area contributed by atoms with Crippen LogP contribution >= 0.6 is 11.8 Å². The third kappa shape index (κ3) is 3.85. The molecule has 0 aromatic heterocycles. The highest BCUT2D eigenvalue weighted by molar-refractivity contribution is 8.00. The summed E-state index contributed by atoms with van der Waals surface area (Å²) < 4.78 is 5.15. The van der Waals surface area contributed by atoms with Gasteiger partial charge < -0.3 is 19.6 Å². The highest BCUT2D eigenvalue weighted by atomic mass is 32.2. The van der Waals surface area contributed by atoms with E-state index in [1.807, 2.05) is 0 Å². The van der Waals surface area contributed by atoms with E-state index in [0.29, 0.717) is 18.0 Å². The second-order valence-corrected chi connectivity index (χ2v) is 7.08. The number of anilines is 1. The van der Waals surface area contributed by atoms with Crippen LogP contribution in [0.25, 0.3) is 0 Å². The summed E-state index contributed by atoms with van der Waals surface area (Å²) >= 11 is 1.01. The Hall–Kier alpha value is -2.75. The summed E-state index contributed by atoms with van der Waals surface area (Å²) in [5.41, 5.74) is 0.425. The lowest BCUT2D eigenvalue weighted by molar-refractivity contribution is -0.134. The van der Waals surface area contributed by atoms with Crippen LogP contribution in [-0.4, -0.2) is 83.0 Å². The molecule has 2 fully saturated rings. The Labute approximate surface area is 159 Å². The summed E-state index contributed by atoms with van der Waals surface area (Å²) in [6.45, 7) is 0.677. The minimum absolute atomic E-state index is 0.0285. The lowest BCUT2D eigenvalue weighted by Gasteiger charge is -2.35. The normalized spacial score (nSPS) is 19.3. The number of ether oxygens (including phenoxy) is 1. The zero-order chi connectivity index (χ0) is 19.6. The molecule has 0 radical (unpaired) electrons. The first-order chi connectivity index (χ1) is 12.9. The van der Waals surface area contributed by atoms with Gasteiger partial charge in [-0.1, -0.05) is 6.07 Å². The van der Waals surface area contributed by atoms with Gasteiger partial charge in [-0.05, 0) is 12.1 Å². The molecule has 27 heavy (non-hydrogen) atoms. The third-order valence-corrected chi connectivity index (χ3v) is 5.34. The van der Waals surface area contributed by atoms with Gasteiger partial charge in [0.1, 0.15) is 11.8 Å². The number of carbonyl (C=O) groups is 4. The summed E-state index contributed by atoms with van der Waals surface area (Å²) in [7, 11) is 1.50. The topological polar surface area (TPSA) is 107 Å². The molecule has 2 saturated heterocycles. The quantitative estimate of drug-likeness (QED) is 0.701. The summed E-state index contributed by atoms with van der Waals surface area (Å²) in [6.07, 6.45) is 0. The molecule has 2 aliphatic heterocycles. The van der Waals surface area contributed by atoms with E-state index in [0.717, 1.165) is 16.7 Å². The van der Waals surface area contributed by atoms with E-state index < -0.39 is 18.0 Å². The number of carbonyl (C=O) groups excluding carboxylic acids is 3. The van der Waals surface area contributed by atoms with Crippen LogP contribution in [0.4, 0.5) is 10.5 Å². The minimum Gasteiger partial charge on any atom is -0.497 e. The Balaban J connectivity index is 1.70. The number of fused-ring (bicyclic) bond motifs is 1.